The number of aliphatic hydroxyl groups excluding tert-OH is 2. The van der Waals surface area contributed by atoms with Gasteiger partial charge in [-0.25, -0.2) is 4.39 Å². The number of aliphatic hydroxyl groups is 2. The summed E-state index contributed by atoms with van der Waals surface area (Å²) in [6.07, 6.45) is 3.61. The van der Waals surface area contributed by atoms with Crippen LogP contribution in [0.5, 0.6) is 0 Å². The van der Waals surface area contributed by atoms with Crippen molar-refractivity contribution in [2.24, 2.45) is 11.8 Å². The highest BCUT2D eigenvalue weighted by Gasteiger charge is 2.49. The second kappa shape index (κ2) is 7.86. The van der Waals surface area contributed by atoms with Crippen LogP contribution in [0.1, 0.15) is 31.2 Å². The van der Waals surface area contributed by atoms with Gasteiger partial charge in [0.15, 0.2) is 0 Å². The first-order valence-corrected chi connectivity index (χ1v) is 10.1. The fraction of sp³-hybridized carbons (Fsp3) is 0.667. The summed E-state index contributed by atoms with van der Waals surface area (Å²) in [5.41, 5.74) is 0.933. The third-order valence-electron chi connectivity index (χ3n) is 6.59. The zero-order chi connectivity index (χ0) is 19.0. The summed E-state index contributed by atoms with van der Waals surface area (Å²) in [6.45, 7) is 1.92. The lowest BCUT2D eigenvalue weighted by molar-refractivity contribution is -0.153. The number of halogens is 1. The summed E-state index contributed by atoms with van der Waals surface area (Å²) < 4.78 is 13.7. The highest BCUT2D eigenvalue weighted by Crippen LogP contribution is 2.42. The van der Waals surface area contributed by atoms with Crippen molar-refractivity contribution < 1.29 is 19.4 Å². The Bertz CT molecular complexity index is 685. The molecule has 5 nitrogen and oxygen atoms in total. The normalized spacial score (nSPS) is 32.3. The minimum absolute atomic E-state index is 0.0786. The number of amides is 1. The molecule has 0 aromatic heterocycles. The molecule has 148 valence electrons. The number of nitrogens with zero attached hydrogens (tertiary/aromatic N) is 2. The Kier molecular flexibility index (Phi) is 5.48. The molecule has 0 saturated carbocycles. The SMILES string of the molecule is O=C1CCC[C@H]2[C@@H]3C[C@@H](CN(C[C@H](O)CO)C3)[C@H](Cc3cccc(F)c3)N12. The number of carbonyl (C=O) groups excluding carboxylic acids is 1. The molecular formula is C21H29FN2O3. The van der Waals surface area contributed by atoms with Gasteiger partial charge in [0, 0.05) is 38.1 Å². The molecule has 0 radical (unpaired) electrons. The maximum absolute atomic E-state index is 13.7. The molecule has 3 saturated heterocycles. The molecule has 0 aliphatic carbocycles. The lowest BCUT2D eigenvalue weighted by Gasteiger charge is -2.57. The highest BCUT2D eigenvalue weighted by molar-refractivity contribution is 5.78. The Balaban J connectivity index is 1.59. The molecule has 3 aliphatic rings. The van der Waals surface area contributed by atoms with Gasteiger partial charge in [-0.3, -0.25) is 9.69 Å². The van der Waals surface area contributed by atoms with Gasteiger partial charge in [-0.15, -0.1) is 0 Å². The third kappa shape index (κ3) is 3.89. The minimum atomic E-state index is -0.727. The van der Waals surface area contributed by atoms with Gasteiger partial charge in [0.05, 0.1) is 12.7 Å². The summed E-state index contributed by atoms with van der Waals surface area (Å²) in [4.78, 5) is 17.2. The fourth-order valence-corrected chi connectivity index (χ4v) is 5.54. The van der Waals surface area contributed by atoms with Crippen molar-refractivity contribution in [1.82, 2.24) is 9.80 Å². The van der Waals surface area contributed by atoms with Crippen molar-refractivity contribution in [3.05, 3.63) is 35.6 Å². The van der Waals surface area contributed by atoms with Crippen LogP contribution in [0.3, 0.4) is 0 Å². The molecule has 2 bridgehead atoms. The van der Waals surface area contributed by atoms with Gasteiger partial charge in [-0.1, -0.05) is 12.1 Å². The molecule has 2 N–H and O–H groups in total. The van der Waals surface area contributed by atoms with Crippen LogP contribution >= 0.6 is 0 Å². The summed E-state index contributed by atoms with van der Waals surface area (Å²) in [5, 5.41) is 19.1. The van der Waals surface area contributed by atoms with Crippen LogP contribution in [0.15, 0.2) is 24.3 Å². The van der Waals surface area contributed by atoms with Gasteiger partial charge in [-0.2, -0.15) is 0 Å². The van der Waals surface area contributed by atoms with E-state index in [4.69, 9.17) is 0 Å². The number of carbonyl (C=O) groups is 1. The molecule has 0 spiro atoms. The van der Waals surface area contributed by atoms with Crippen molar-refractivity contribution in [1.29, 1.82) is 0 Å². The van der Waals surface area contributed by atoms with Crippen LogP contribution in [0, 0.1) is 17.7 Å². The van der Waals surface area contributed by atoms with E-state index in [-0.39, 0.29) is 30.4 Å². The van der Waals surface area contributed by atoms with Crippen molar-refractivity contribution in [3.63, 3.8) is 0 Å². The van der Waals surface area contributed by atoms with Crippen molar-refractivity contribution >= 4 is 5.91 Å². The predicted octanol–water partition coefficient (Wildman–Crippen LogP) is 1.42. The van der Waals surface area contributed by atoms with Gasteiger partial charge in [-0.05, 0) is 55.2 Å². The molecule has 4 rings (SSSR count). The lowest BCUT2D eigenvalue weighted by Crippen LogP contribution is -2.65. The Morgan fingerprint density at radius 2 is 2.07 bits per heavy atom. The zero-order valence-electron chi connectivity index (χ0n) is 15.6. The van der Waals surface area contributed by atoms with E-state index >= 15 is 0 Å². The number of benzene rings is 1. The number of hydrogen-bond acceptors (Lipinski definition) is 4. The average molecular weight is 376 g/mol. The smallest absolute Gasteiger partial charge is 0.223 e. The molecule has 1 aromatic rings. The van der Waals surface area contributed by atoms with Crippen molar-refractivity contribution in [2.45, 2.75) is 50.3 Å². The fourth-order valence-electron chi connectivity index (χ4n) is 5.54. The number of rotatable bonds is 5. The van der Waals surface area contributed by atoms with E-state index in [0.717, 1.165) is 37.9 Å². The molecule has 1 amide bonds. The summed E-state index contributed by atoms with van der Waals surface area (Å²) in [5.74, 6) is 0.740. The van der Waals surface area contributed by atoms with Crippen LogP contribution in [-0.2, 0) is 11.2 Å². The van der Waals surface area contributed by atoms with Gasteiger partial charge < -0.3 is 15.1 Å². The van der Waals surface area contributed by atoms with Gasteiger partial charge in [0.25, 0.3) is 0 Å². The lowest BCUT2D eigenvalue weighted by atomic mass is 9.70. The van der Waals surface area contributed by atoms with E-state index in [2.05, 4.69) is 9.80 Å². The Labute approximate surface area is 159 Å². The Morgan fingerprint density at radius 1 is 1.26 bits per heavy atom. The van der Waals surface area contributed by atoms with Gasteiger partial charge in [0.1, 0.15) is 5.82 Å². The molecule has 0 unspecified atom stereocenters. The first-order valence-electron chi connectivity index (χ1n) is 10.1. The quantitative estimate of drug-likeness (QED) is 0.816. The Morgan fingerprint density at radius 3 is 2.85 bits per heavy atom. The summed E-state index contributed by atoms with van der Waals surface area (Å²) >= 11 is 0. The number of piperidine rings is 3. The van der Waals surface area contributed by atoms with Crippen molar-refractivity contribution in [3.8, 4) is 0 Å². The third-order valence-corrected chi connectivity index (χ3v) is 6.59. The van der Waals surface area contributed by atoms with Crippen molar-refractivity contribution in [2.75, 3.05) is 26.2 Å². The molecule has 5 atom stereocenters. The van der Waals surface area contributed by atoms with E-state index < -0.39 is 6.10 Å². The van der Waals surface area contributed by atoms with E-state index in [1.807, 2.05) is 6.07 Å². The summed E-state index contributed by atoms with van der Waals surface area (Å²) in [7, 11) is 0. The average Bonchev–Trinajstić information content (AvgIpc) is 2.65. The zero-order valence-corrected chi connectivity index (χ0v) is 15.6. The van der Waals surface area contributed by atoms with Crippen LogP contribution in [0.4, 0.5) is 4.39 Å². The number of β-amino-alcohol motifs (C(OH)–C–C–N with tert-alkyl or cyclic N) is 1. The van der Waals surface area contributed by atoms with Crippen LogP contribution in [0.25, 0.3) is 0 Å². The molecular weight excluding hydrogens is 347 g/mol. The highest BCUT2D eigenvalue weighted by atomic mass is 19.1. The molecule has 3 fully saturated rings. The number of hydrogen-bond donors (Lipinski definition) is 2. The second-order valence-corrected chi connectivity index (χ2v) is 8.47. The van der Waals surface area contributed by atoms with Gasteiger partial charge in [0.2, 0.25) is 5.91 Å². The Hall–Kier alpha value is -1.50. The second-order valence-electron chi connectivity index (χ2n) is 8.47. The molecule has 3 heterocycles. The first-order chi connectivity index (χ1) is 13.0. The molecule has 27 heavy (non-hydrogen) atoms. The molecule has 1 aromatic carbocycles. The minimum Gasteiger partial charge on any atom is -0.394 e. The van der Waals surface area contributed by atoms with E-state index in [0.29, 0.717) is 31.2 Å². The topological polar surface area (TPSA) is 64.0 Å². The van der Waals surface area contributed by atoms with E-state index in [1.54, 1.807) is 12.1 Å². The first kappa shape index (κ1) is 18.8. The predicted molar refractivity (Wildman–Crippen MR) is 99.5 cm³/mol. The molecule has 3 aliphatic heterocycles. The van der Waals surface area contributed by atoms with E-state index in [1.165, 1.54) is 6.07 Å². The largest absolute Gasteiger partial charge is 0.394 e. The van der Waals surface area contributed by atoms with Crippen LogP contribution < -0.4 is 0 Å². The van der Waals surface area contributed by atoms with Crippen LogP contribution in [0.2, 0.25) is 0 Å². The number of fused-ring (bicyclic) bond motifs is 4. The van der Waals surface area contributed by atoms with E-state index in [9.17, 15) is 19.4 Å². The van der Waals surface area contributed by atoms with Crippen LogP contribution in [-0.4, -0.2) is 70.3 Å². The maximum atomic E-state index is 13.7. The summed E-state index contributed by atoms with van der Waals surface area (Å²) in [6, 6.07) is 7.02. The van der Waals surface area contributed by atoms with Gasteiger partial charge >= 0.3 is 0 Å². The maximum Gasteiger partial charge on any atom is 0.223 e. The standard InChI is InChI=1S/C21H29FN2O3/c22-17-4-1-3-14(7-17)8-20-16-9-15(10-23(11-16)12-18(26)13-25)19-5-2-6-21(27)24(19)20/h1,3-4,7,15-16,18-20,25-26H,2,5-6,8-13H2/t15-,16+,18+,19+,20+/m1/s1. The monoisotopic (exact) mass is 376 g/mol. The molecule has 6 heteroatoms. The number of likely N-dealkylation sites (tertiary alicyclic amines) is 1.